The SMILES string of the molecule is O=C(CNC(=O)c1ccc(COc2ccccc2)o1)Nc1ccc(Br)cc1. The molecule has 1 aromatic heterocycles. The lowest BCUT2D eigenvalue weighted by atomic mass is 10.3. The zero-order valence-corrected chi connectivity index (χ0v) is 15.9. The molecule has 0 fully saturated rings. The fraction of sp³-hybridized carbons (Fsp3) is 0.100. The van der Waals surface area contributed by atoms with Gasteiger partial charge in [0.05, 0.1) is 6.54 Å². The summed E-state index contributed by atoms with van der Waals surface area (Å²) in [5.41, 5.74) is 0.649. The average Bonchev–Trinajstić information content (AvgIpc) is 3.16. The van der Waals surface area contributed by atoms with Gasteiger partial charge >= 0.3 is 0 Å². The molecular formula is C20H17BrN2O4. The summed E-state index contributed by atoms with van der Waals surface area (Å²) < 4.78 is 11.9. The van der Waals surface area contributed by atoms with Crippen LogP contribution in [-0.2, 0) is 11.4 Å². The summed E-state index contributed by atoms with van der Waals surface area (Å²) in [6.45, 7) is 0.0484. The normalized spacial score (nSPS) is 10.3. The molecule has 138 valence electrons. The molecule has 0 spiro atoms. The van der Waals surface area contributed by atoms with Crippen LogP contribution in [0.4, 0.5) is 5.69 Å². The molecule has 2 aromatic carbocycles. The van der Waals surface area contributed by atoms with Crippen LogP contribution < -0.4 is 15.4 Å². The van der Waals surface area contributed by atoms with Crippen LogP contribution in [0.1, 0.15) is 16.3 Å². The third-order valence-corrected chi connectivity index (χ3v) is 4.08. The Hall–Kier alpha value is -3.06. The number of carbonyl (C=O) groups excluding carboxylic acids is 2. The van der Waals surface area contributed by atoms with E-state index in [4.69, 9.17) is 9.15 Å². The van der Waals surface area contributed by atoms with Crippen LogP contribution in [0.5, 0.6) is 5.75 Å². The van der Waals surface area contributed by atoms with Crippen LogP contribution in [0.25, 0.3) is 0 Å². The summed E-state index contributed by atoms with van der Waals surface area (Å²) in [4.78, 5) is 24.0. The van der Waals surface area contributed by atoms with Crippen molar-refractivity contribution in [1.29, 1.82) is 0 Å². The van der Waals surface area contributed by atoms with E-state index in [2.05, 4.69) is 26.6 Å². The molecule has 0 aliphatic heterocycles. The number of hydrogen-bond acceptors (Lipinski definition) is 4. The number of ether oxygens (including phenoxy) is 1. The van der Waals surface area contributed by atoms with Crippen LogP contribution in [0.3, 0.4) is 0 Å². The number of furan rings is 1. The summed E-state index contributed by atoms with van der Waals surface area (Å²) in [5, 5.41) is 5.22. The van der Waals surface area contributed by atoms with Crippen molar-refractivity contribution >= 4 is 33.4 Å². The topological polar surface area (TPSA) is 80.6 Å². The number of para-hydroxylation sites is 1. The average molecular weight is 429 g/mol. The van der Waals surface area contributed by atoms with Gasteiger partial charge in [-0.3, -0.25) is 9.59 Å². The van der Waals surface area contributed by atoms with Crippen molar-refractivity contribution in [3.05, 3.63) is 82.7 Å². The molecular weight excluding hydrogens is 412 g/mol. The van der Waals surface area contributed by atoms with Crippen LogP contribution in [0.2, 0.25) is 0 Å². The Labute approximate surface area is 164 Å². The number of hydrogen-bond donors (Lipinski definition) is 2. The molecule has 7 heteroatoms. The molecule has 0 unspecified atom stereocenters. The van der Waals surface area contributed by atoms with Crippen LogP contribution in [0.15, 0.2) is 75.6 Å². The van der Waals surface area contributed by atoms with Gasteiger partial charge in [-0.25, -0.2) is 0 Å². The molecule has 1 heterocycles. The molecule has 3 aromatic rings. The van der Waals surface area contributed by atoms with Crippen molar-refractivity contribution in [2.75, 3.05) is 11.9 Å². The van der Waals surface area contributed by atoms with Gasteiger partial charge < -0.3 is 19.8 Å². The van der Waals surface area contributed by atoms with E-state index in [1.807, 2.05) is 42.5 Å². The van der Waals surface area contributed by atoms with Gasteiger partial charge in [-0.1, -0.05) is 34.1 Å². The third-order valence-electron chi connectivity index (χ3n) is 3.55. The van der Waals surface area contributed by atoms with Gasteiger partial charge in [-0.15, -0.1) is 0 Å². The van der Waals surface area contributed by atoms with Crippen LogP contribution in [0, 0.1) is 0 Å². The molecule has 0 bridgehead atoms. The standard InChI is InChI=1S/C20H17BrN2O4/c21-14-6-8-15(9-7-14)23-19(24)12-22-20(25)18-11-10-17(27-18)13-26-16-4-2-1-3-5-16/h1-11H,12-13H2,(H,22,25)(H,23,24). The van der Waals surface area contributed by atoms with Gasteiger partial charge in [0, 0.05) is 10.2 Å². The zero-order valence-electron chi connectivity index (χ0n) is 14.3. The highest BCUT2D eigenvalue weighted by atomic mass is 79.9. The quantitative estimate of drug-likeness (QED) is 0.595. The first-order valence-corrected chi connectivity index (χ1v) is 8.99. The van der Waals surface area contributed by atoms with Crippen LogP contribution >= 0.6 is 15.9 Å². The first kappa shape index (κ1) is 18.7. The van der Waals surface area contributed by atoms with Crippen molar-refractivity contribution in [1.82, 2.24) is 5.32 Å². The summed E-state index contributed by atoms with van der Waals surface area (Å²) >= 11 is 3.32. The van der Waals surface area contributed by atoms with Gasteiger partial charge in [0.15, 0.2) is 5.76 Å². The number of carbonyl (C=O) groups is 2. The highest BCUT2D eigenvalue weighted by molar-refractivity contribution is 9.10. The molecule has 6 nitrogen and oxygen atoms in total. The molecule has 0 saturated heterocycles. The molecule has 0 radical (unpaired) electrons. The van der Waals surface area contributed by atoms with Crippen molar-refractivity contribution in [3.8, 4) is 5.75 Å². The minimum absolute atomic E-state index is 0.123. The molecule has 3 rings (SSSR count). The fourth-order valence-electron chi connectivity index (χ4n) is 2.23. The van der Waals surface area contributed by atoms with E-state index in [0.29, 0.717) is 17.2 Å². The first-order valence-electron chi connectivity index (χ1n) is 8.20. The lowest BCUT2D eigenvalue weighted by molar-refractivity contribution is -0.115. The van der Waals surface area contributed by atoms with E-state index in [0.717, 1.165) is 4.47 Å². The van der Waals surface area contributed by atoms with Crippen LogP contribution in [-0.4, -0.2) is 18.4 Å². The van der Waals surface area contributed by atoms with Gasteiger partial charge in [0.2, 0.25) is 5.91 Å². The minimum atomic E-state index is -0.466. The largest absolute Gasteiger partial charge is 0.486 e. The smallest absolute Gasteiger partial charge is 0.287 e. The van der Waals surface area contributed by atoms with E-state index >= 15 is 0 Å². The van der Waals surface area contributed by atoms with Crippen molar-refractivity contribution in [2.45, 2.75) is 6.61 Å². The number of anilines is 1. The molecule has 0 atom stereocenters. The fourth-order valence-corrected chi connectivity index (χ4v) is 2.50. The Balaban J connectivity index is 1.46. The second kappa shape index (κ2) is 9.05. The summed E-state index contributed by atoms with van der Waals surface area (Å²) in [6.07, 6.45) is 0. The maximum Gasteiger partial charge on any atom is 0.287 e. The summed E-state index contributed by atoms with van der Waals surface area (Å²) in [6, 6.07) is 19.7. The van der Waals surface area contributed by atoms with Gasteiger partial charge in [0.1, 0.15) is 18.1 Å². The van der Waals surface area contributed by atoms with Crippen molar-refractivity contribution in [3.63, 3.8) is 0 Å². The highest BCUT2D eigenvalue weighted by Crippen LogP contribution is 2.15. The van der Waals surface area contributed by atoms with E-state index in [1.54, 1.807) is 24.3 Å². The van der Waals surface area contributed by atoms with Gasteiger partial charge in [0.25, 0.3) is 5.91 Å². The zero-order chi connectivity index (χ0) is 19.1. The second-order valence-corrected chi connectivity index (χ2v) is 6.52. The van der Waals surface area contributed by atoms with Crippen molar-refractivity contribution in [2.24, 2.45) is 0 Å². The molecule has 0 saturated carbocycles. The molecule has 0 aliphatic carbocycles. The highest BCUT2D eigenvalue weighted by Gasteiger charge is 2.13. The molecule has 0 aliphatic rings. The first-order chi connectivity index (χ1) is 13.1. The van der Waals surface area contributed by atoms with E-state index in [1.165, 1.54) is 0 Å². The number of amides is 2. The number of nitrogens with one attached hydrogen (secondary N) is 2. The Kier molecular flexibility index (Phi) is 6.27. The predicted molar refractivity (Wildman–Crippen MR) is 105 cm³/mol. The lowest BCUT2D eigenvalue weighted by Crippen LogP contribution is -2.32. The van der Waals surface area contributed by atoms with E-state index < -0.39 is 5.91 Å². The number of benzene rings is 2. The van der Waals surface area contributed by atoms with Gasteiger partial charge in [-0.2, -0.15) is 0 Å². The molecule has 27 heavy (non-hydrogen) atoms. The Bertz CT molecular complexity index is 907. The Morgan fingerprint density at radius 2 is 1.70 bits per heavy atom. The second-order valence-electron chi connectivity index (χ2n) is 5.61. The molecule has 2 N–H and O–H groups in total. The maximum absolute atomic E-state index is 12.1. The van der Waals surface area contributed by atoms with E-state index in [-0.39, 0.29) is 24.8 Å². The lowest BCUT2D eigenvalue weighted by Gasteiger charge is -2.06. The predicted octanol–water partition coefficient (Wildman–Crippen LogP) is 3.99. The monoisotopic (exact) mass is 428 g/mol. The molecule has 2 amide bonds. The number of halogens is 1. The Morgan fingerprint density at radius 1 is 0.963 bits per heavy atom. The summed E-state index contributed by atoms with van der Waals surface area (Å²) in [5.74, 6) is 0.558. The minimum Gasteiger partial charge on any atom is -0.486 e. The number of rotatable bonds is 7. The summed E-state index contributed by atoms with van der Waals surface area (Å²) in [7, 11) is 0. The Morgan fingerprint density at radius 3 is 2.44 bits per heavy atom. The van der Waals surface area contributed by atoms with Crippen molar-refractivity contribution < 1.29 is 18.7 Å². The van der Waals surface area contributed by atoms with Gasteiger partial charge in [-0.05, 0) is 48.5 Å². The van der Waals surface area contributed by atoms with E-state index in [9.17, 15) is 9.59 Å². The third kappa shape index (κ3) is 5.72. The maximum atomic E-state index is 12.1.